The fourth-order valence-corrected chi connectivity index (χ4v) is 2.54. The lowest BCUT2D eigenvalue weighted by molar-refractivity contribution is 0.115. The van der Waals surface area contributed by atoms with Gasteiger partial charge in [-0.2, -0.15) is 0 Å². The molecule has 1 spiro atoms. The van der Waals surface area contributed by atoms with Gasteiger partial charge in [0.2, 0.25) is 0 Å². The van der Waals surface area contributed by atoms with Gasteiger partial charge >= 0.3 is 0 Å². The molecule has 2 rings (SSSR count). The first-order valence-electron chi connectivity index (χ1n) is 5.10. The van der Waals surface area contributed by atoms with E-state index in [9.17, 15) is 0 Å². The number of nitrogens with one attached hydrogen (secondary N) is 1. The van der Waals surface area contributed by atoms with Gasteiger partial charge < -0.3 is 5.32 Å². The molecule has 0 aromatic rings. The summed E-state index contributed by atoms with van der Waals surface area (Å²) in [4.78, 5) is 0. The van der Waals surface area contributed by atoms with Crippen molar-refractivity contribution in [2.75, 3.05) is 6.54 Å². The second-order valence-corrected chi connectivity index (χ2v) is 4.31. The van der Waals surface area contributed by atoms with Gasteiger partial charge in [-0.15, -0.1) is 0 Å². The summed E-state index contributed by atoms with van der Waals surface area (Å²) >= 11 is 0. The van der Waals surface area contributed by atoms with Crippen molar-refractivity contribution in [3.05, 3.63) is 0 Å². The van der Waals surface area contributed by atoms with E-state index in [0.717, 1.165) is 5.92 Å². The minimum Gasteiger partial charge on any atom is -0.311 e. The predicted molar refractivity (Wildman–Crippen MR) is 47.6 cm³/mol. The third kappa shape index (κ3) is 1.31. The van der Waals surface area contributed by atoms with Gasteiger partial charge in [0.05, 0.1) is 0 Å². The van der Waals surface area contributed by atoms with Gasteiger partial charge in [-0.25, -0.2) is 0 Å². The Labute approximate surface area is 69.6 Å². The molecule has 0 radical (unpaired) electrons. The fraction of sp³-hybridized carbons (Fsp3) is 1.00. The van der Waals surface area contributed by atoms with Crippen LogP contribution in [-0.2, 0) is 0 Å². The van der Waals surface area contributed by atoms with Crippen molar-refractivity contribution in [3.63, 3.8) is 0 Å². The van der Waals surface area contributed by atoms with Crippen molar-refractivity contribution >= 4 is 0 Å². The monoisotopic (exact) mass is 153 g/mol. The Morgan fingerprint density at radius 1 is 1.27 bits per heavy atom. The lowest BCUT2D eigenvalue weighted by atomic mass is 9.71. The molecule has 1 heterocycles. The van der Waals surface area contributed by atoms with E-state index in [0.29, 0.717) is 5.54 Å². The molecule has 0 unspecified atom stereocenters. The minimum absolute atomic E-state index is 0.631. The van der Waals surface area contributed by atoms with E-state index in [4.69, 9.17) is 0 Å². The molecular weight excluding hydrogens is 134 g/mol. The zero-order chi connectivity index (χ0) is 7.73. The molecule has 1 N–H and O–H groups in total. The van der Waals surface area contributed by atoms with Gasteiger partial charge in [0, 0.05) is 5.54 Å². The molecule has 0 aromatic carbocycles. The van der Waals surface area contributed by atoms with Crippen molar-refractivity contribution < 1.29 is 0 Å². The summed E-state index contributed by atoms with van der Waals surface area (Å²) in [6.07, 6.45) is 8.70. The van der Waals surface area contributed by atoms with Crippen LogP contribution >= 0.6 is 0 Å². The first kappa shape index (κ1) is 7.60. The van der Waals surface area contributed by atoms with Crippen LogP contribution in [0.2, 0.25) is 0 Å². The smallest absolute Gasteiger partial charge is 0.0193 e. The van der Waals surface area contributed by atoms with E-state index in [1.807, 2.05) is 0 Å². The molecule has 1 heteroatoms. The molecule has 2 aliphatic rings. The summed E-state index contributed by atoms with van der Waals surface area (Å²) in [6, 6.07) is 0. The Morgan fingerprint density at radius 3 is 2.27 bits per heavy atom. The van der Waals surface area contributed by atoms with Crippen molar-refractivity contribution in [2.24, 2.45) is 5.92 Å². The van der Waals surface area contributed by atoms with E-state index in [1.54, 1.807) is 0 Å². The van der Waals surface area contributed by atoms with Crippen molar-refractivity contribution in [3.8, 4) is 0 Å². The second kappa shape index (κ2) is 2.78. The largest absolute Gasteiger partial charge is 0.311 e. The zero-order valence-electron chi connectivity index (χ0n) is 7.53. The highest BCUT2D eigenvalue weighted by Crippen LogP contribution is 2.38. The SMILES string of the molecule is CCC1CCC2(CCN2)CC1. The zero-order valence-corrected chi connectivity index (χ0v) is 7.53. The summed E-state index contributed by atoms with van der Waals surface area (Å²) in [5.41, 5.74) is 0.631. The Hall–Kier alpha value is -0.0400. The minimum atomic E-state index is 0.631. The molecule has 0 aromatic heterocycles. The van der Waals surface area contributed by atoms with Crippen LogP contribution in [0.1, 0.15) is 45.4 Å². The number of hydrogen-bond donors (Lipinski definition) is 1. The van der Waals surface area contributed by atoms with Crippen molar-refractivity contribution in [2.45, 2.75) is 51.0 Å². The maximum atomic E-state index is 3.61. The van der Waals surface area contributed by atoms with E-state index < -0.39 is 0 Å². The first-order chi connectivity index (χ1) is 5.35. The fourth-order valence-electron chi connectivity index (χ4n) is 2.54. The van der Waals surface area contributed by atoms with E-state index in [-0.39, 0.29) is 0 Å². The molecule has 0 amide bonds. The second-order valence-electron chi connectivity index (χ2n) is 4.31. The molecule has 11 heavy (non-hydrogen) atoms. The van der Waals surface area contributed by atoms with Gasteiger partial charge in [0.25, 0.3) is 0 Å². The van der Waals surface area contributed by atoms with Crippen LogP contribution in [0, 0.1) is 5.92 Å². The van der Waals surface area contributed by atoms with Crippen LogP contribution in [0.15, 0.2) is 0 Å². The highest BCUT2D eigenvalue weighted by Gasteiger charge is 2.38. The van der Waals surface area contributed by atoms with Crippen LogP contribution in [0.3, 0.4) is 0 Å². The molecular formula is C10H19N. The molecule has 1 nitrogen and oxygen atoms in total. The number of hydrogen-bond acceptors (Lipinski definition) is 1. The van der Waals surface area contributed by atoms with Crippen LogP contribution in [0.5, 0.6) is 0 Å². The summed E-state index contributed by atoms with van der Waals surface area (Å²) in [5, 5.41) is 3.61. The Bertz CT molecular complexity index is 128. The van der Waals surface area contributed by atoms with Gasteiger partial charge in [-0.1, -0.05) is 13.3 Å². The van der Waals surface area contributed by atoms with Gasteiger partial charge in [-0.05, 0) is 44.6 Å². The Kier molecular flexibility index (Phi) is 1.92. The maximum absolute atomic E-state index is 3.61. The molecule has 1 aliphatic carbocycles. The predicted octanol–water partition coefficient (Wildman–Crippen LogP) is 2.32. The van der Waals surface area contributed by atoms with Crippen LogP contribution in [0.4, 0.5) is 0 Å². The third-order valence-corrected chi connectivity index (χ3v) is 3.74. The normalized spacial score (nSPS) is 43.9. The first-order valence-corrected chi connectivity index (χ1v) is 5.10. The highest BCUT2D eigenvalue weighted by atomic mass is 15.0. The highest BCUT2D eigenvalue weighted by molar-refractivity contribution is 4.99. The lowest BCUT2D eigenvalue weighted by Crippen LogP contribution is -2.58. The molecule has 1 aliphatic heterocycles. The molecule has 2 fully saturated rings. The van der Waals surface area contributed by atoms with Crippen LogP contribution in [-0.4, -0.2) is 12.1 Å². The Balaban J connectivity index is 1.84. The maximum Gasteiger partial charge on any atom is 0.0193 e. The lowest BCUT2D eigenvalue weighted by Gasteiger charge is -2.48. The van der Waals surface area contributed by atoms with E-state index in [1.165, 1.54) is 45.1 Å². The average molecular weight is 153 g/mol. The van der Waals surface area contributed by atoms with Gasteiger partial charge in [0.1, 0.15) is 0 Å². The van der Waals surface area contributed by atoms with Gasteiger partial charge in [0.15, 0.2) is 0 Å². The van der Waals surface area contributed by atoms with Crippen molar-refractivity contribution in [1.29, 1.82) is 0 Å². The molecule has 1 saturated carbocycles. The van der Waals surface area contributed by atoms with Crippen LogP contribution in [0.25, 0.3) is 0 Å². The van der Waals surface area contributed by atoms with Crippen molar-refractivity contribution in [1.82, 2.24) is 5.32 Å². The Morgan fingerprint density at radius 2 is 1.91 bits per heavy atom. The summed E-state index contributed by atoms with van der Waals surface area (Å²) in [5.74, 6) is 1.04. The summed E-state index contributed by atoms with van der Waals surface area (Å²) in [6.45, 7) is 3.60. The average Bonchev–Trinajstić information content (AvgIpc) is 2.02. The molecule has 0 bridgehead atoms. The molecule has 0 atom stereocenters. The third-order valence-electron chi connectivity index (χ3n) is 3.74. The summed E-state index contributed by atoms with van der Waals surface area (Å²) < 4.78 is 0. The van der Waals surface area contributed by atoms with Gasteiger partial charge in [-0.3, -0.25) is 0 Å². The molecule has 64 valence electrons. The van der Waals surface area contributed by atoms with E-state index >= 15 is 0 Å². The topological polar surface area (TPSA) is 12.0 Å². The quantitative estimate of drug-likeness (QED) is 0.609. The van der Waals surface area contributed by atoms with E-state index in [2.05, 4.69) is 12.2 Å². The standard InChI is InChI=1S/C10H19N/c1-2-9-3-5-10(6-4-9)7-8-11-10/h9,11H,2-8H2,1H3. The van der Waals surface area contributed by atoms with Crippen LogP contribution < -0.4 is 5.32 Å². The number of rotatable bonds is 1. The summed E-state index contributed by atoms with van der Waals surface area (Å²) in [7, 11) is 0. The molecule has 1 saturated heterocycles.